The fraction of sp³-hybridized carbons (Fsp3) is 0.667. The van der Waals surface area contributed by atoms with Crippen LogP contribution in [0.1, 0.15) is 32.3 Å². The molecule has 5 nitrogen and oxygen atoms in total. The first-order chi connectivity index (χ1) is 12.6. The largest absolute Gasteiger partial charge is 0.373 e. The van der Waals surface area contributed by atoms with E-state index in [4.69, 9.17) is 4.74 Å². The van der Waals surface area contributed by atoms with E-state index in [1.165, 1.54) is 18.4 Å². The number of amides is 1. The maximum atomic E-state index is 13.0. The predicted octanol–water partition coefficient (Wildman–Crippen LogP) is 2.15. The molecule has 0 unspecified atom stereocenters. The minimum atomic E-state index is 0.255. The molecule has 3 atom stereocenters. The molecule has 0 saturated carbocycles. The summed E-state index contributed by atoms with van der Waals surface area (Å²) in [5.74, 6) is 0.255. The smallest absolute Gasteiger partial charge is 0.241 e. The topological polar surface area (TPSA) is 36.0 Å². The number of carbonyl (C=O) groups is 1. The van der Waals surface area contributed by atoms with Crippen LogP contribution in [0, 0.1) is 0 Å². The van der Waals surface area contributed by atoms with Gasteiger partial charge in [0.2, 0.25) is 5.91 Å². The molecule has 0 spiro atoms. The van der Waals surface area contributed by atoms with E-state index in [1.807, 2.05) is 11.0 Å². The van der Waals surface area contributed by atoms with Crippen molar-refractivity contribution in [2.75, 3.05) is 44.2 Å². The van der Waals surface area contributed by atoms with E-state index in [0.717, 1.165) is 44.8 Å². The van der Waals surface area contributed by atoms with Gasteiger partial charge in [0.1, 0.15) is 0 Å². The molecule has 0 aliphatic carbocycles. The van der Waals surface area contributed by atoms with Gasteiger partial charge in [-0.15, -0.1) is 0 Å². The van der Waals surface area contributed by atoms with Crippen LogP contribution in [0.5, 0.6) is 0 Å². The highest BCUT2D eigenvalue weighted by atomic mass is 16.5. The number of fused-ring (bicyclic) bond motifs is 1. The third-order valence-corrected chi connectivity index (χ3v) is 5.99. The third kappa shape index (κ3) is 3.80. The van der Waals surface area contributed by atoms with Crippen LogP contribution in [0.3, 0.4) is 0 Å². The van der Waals surface area contributed by atoms with Crippen molar-refractivity contribution in [2.45, 2.75) is 51.4 Å². The van der Waals surface area contributed by atoms with Crippen molar-refractivity contribution in [3.05, 3.63) is 29.8 Å². The van der Waals surface area contributed by atoms with Crippen molar-refractivity contribution >= 4 is 11.6 Å². The minimum absolute atomic E-state index is 0.255. The van der Waals surface area contributed by atoms with Crippen LogP contribution in [-0.2, 0) is 16.0 Å². The van der Waals surface area contributed by atoms with Gasteiger partial charge >= 0.3 is 0 Å². The average Bonchev–Trinajstić information content (AvgIpc) is 3.21. The summed E-state index contributed by atoms with van der Waals surface area (Å²) in [6.07, 6.45) is 3.98. The van der Waals surface area contributed by atoms with Gasteiger partial charge < -0.3 is 9.64 Å². The Hall–Kier alpha value is -1.43. The number of likely N-dealkylation sites (tertiary alicyclic amines) is 1. The lowest BCUT2D eigenvalue weighted by molar-refractivity contribution is -0.120. The summed E-state index contributed by atoms with van der Waals surface area (Å²) < 4.78 is 5.86. The zero-order valence-corrected chi connectivity index (χ0v) is 16.1. The van der Waals surface area contributed by atoms with Crippen molar-refractivity contribution in [1.29, 1.82) is 0 Å². The van der Waals surface area contributed by atoms with Crippen molar-refractivity contribution in [1.82, 2.24) is 9.80 Å². The number of benzene rings is 1. The maximum Gasteiger partial charge on any atom is 0.241 e. The lowest BCUT2D eigenvalue weighted by Gasteiger charge is -2.38. The average molecular weight is 357 g/mol. The zero-order chi connectivity index (χ0) is 18.1. The first-order valence-corrected chi connectivity index (χ1v) is 10.1. The monoisotopic (exact) mass is 357 g/mol. The van der Waals surface area contributed by atoms with Crippen molar-refractivity contribution < 1.29 is 9.53 Å². The Morgan fingerprint density at radius 2 is 1.92 bits per heavy atom. The lowest BCUT2D eigenvalue weighted by atomic mass is 10.1. The Balaban J connectivity index is 1.36. The molecule has 0 bridgehead atoms. The van der Waals surface area contributed by atoms with Gasteiger partial charge in [0, 0.05) is 37.9 Å². The molecule has 0 N–H and O–H groups in total. The van der Waals surface area contributed by atoms with E-state index in [-0.39, 0.29) is 5.91 Å². The number of morpholine rings is 1. The SMILES string of the molecule is C[C@@H]1CN(C[C@@H]2CCCN2CC(=O)N2CCc3ccccc32)C[C@H](C)O1. The van der Waals surface area contributed by atoms with E-state index in [1.54, 1.807) is 0 Å². The van der Waals surface area contributed by atoms with Crippen LogP contribution in [-0.4, -0.2) is 73.2 Å². The molecule has 0 radical (unpaired) electrons. The summed E-state index contributed by atoms with van der Waals surface area (Å²) in [5, 5.41) is 0. The lowest BCUT2D eigenvalue weighted by Crippen LogP contribution is -2.51. The predicted molar refractivity (Wildman–Crippen MR) is 104 cm³/mol. The third-order valence-electron chi connectivity index (χ3n) is 5.99. The Labute approximate surface area is 156 Å². The Morgan fingerprint density at radius 1 is 1.15 bits per heavy atom. The summed E-state index contributed by atoms with van der Waals surface area (Å²) in [5.41, 5.74) is 2.42. The second kappa shape index (κ2) is 7.67. The fourth-order valence-corrected chi connectivity index (χ4v) is 4.90. The highest BCUT2D eigenvalue weighted by Crippen LogP contribution is 2.28. The molecular weight excluding hydrogens is 326 g/mol. The second-order valence-electron chi connectivity index (χ2n) is 8.17. The van der Waals surface area contributed by atoms with Crippen LogP contribution >= 0.6 is 0 Å². The molecule has 1 aromatic rings. The molecule has 4 rings (SSSR count). The summed E-state index contributed by atoms with van der Waals surface area (Å²) in [7, 11) is 0. The molecule has 5 heteroatoms. The maximum absolute atomic E-state index is 13.0. The number of ether oxygens (including phenoxy) is 1. The first-order valence-electron chi connectivity index (χ1n) is 10.1. The number of rotatable bonds is 4. The summed E-state index contributed by atoms with van der Waals surface area (Å²) in [6, 6.07) is 8.81. The Kier molecular flexibility index (Phi) is 5.30. The number of carbonyl (C=O) groups excluding carboxylic acids is 1. The van der Waals surface area contributed by atoms with Gasteiger partial charge in [0.05, 0.1) is 18.8 Å². The van der Waals surface area contributed by atoms with E-state index < -0.39 is 0 Å². The molecule has 1 aromatic carbocycles. The van der Waals surface area contributed by atoms with E-state index >= 15 is 0 Å². The number of hydrogen-bond acceptors (Lipinski definition) is 4. The number of hydrogen-bond donors (Lipinski definition) is 0. The highest BCUT2D eigenvalue weighted by molar-refractivity contribution is 5.96. The van der Waals surface area contributed by atoms with E-state index in [0.29, 0.717) is 24.8 Å². The number of para-hydroxylation sites is 1. The normalized spacial score (nSPS) is 29.9. The molecule has 3 aliphatic heterocycles. The van der Waals surface area contributed by atoms with Gasteiger partial charge in [-0.3, -0.25) is 14.6 Å². The molecule has 0 aromatic heterocycles. The molecule has 1 amide bonds. The molecule has 142 valence electrons. The quantitative estimate of drug-likeness (QED) is 0.827. The van der Waals surface area contributed by atoms with Gasteiger partial charge in [0.15, 0.2) is 0 Å². The number of nitrogens with zero attached hydrogens (tertiary/aromatic N) is 3. The van der Waals surface area contributed by atoms with Crippen molar-refractivity contribution in [2.24, 2.45) is 0 Å². The first kappa shape index (κ1) is 18.0. The number of anilines is 1. The standard InChI is InChI=1S/C21H31N3O2/c1-16-12-22(13-17(2)26-16)14-19-7-5-10-23(19)15-21(25)24-11-9-18-6-3-4-8-20(18)24/h3-4,6,8,16-17,19H,5,7,9-15H2,1-2H3/t16-,17+,19-/m0/s1. The van der Waals surface area contributed by atoms with Crippen LogP contribution in [0.2, 0.25) is 0 Å². The van der Waals surface area contributed by atoms with Gasteiger partial charge in [-0.2, -0.15) is 0 Å². The molecule has 2 fully saturated rings. The van der Waals surface area contributed by atoms with E-state index in [2.05, 4.69) is 41.8 Å². The molecule has 3 heterocycles. The second-order valence-corrected chi connectivity index (χ2v) is 8.17. The molecule has 3 aliphatic rings. The Morgan fingerprint density at radius 3 is 2.73 bits per heavy atom. The van der Waals surface area contributed by atoms with Gasteiger partial charge in [-0.05, 0) is 51.3 Å². The summed E-state index contributed by atoms with van der Waals surface area (Å²) in [4.78, 5) is 19.9. The fourth-order valence-electron chi connectivity index (χ4n) is 4.90. The zero-order valence-electron chi connectivity index (χ0n) is 16.1. The Bertz CT molecular complexity index is 640. The molecule has 26 heavy (non-hydrogen) atoms. The van der Waals surface area contributed by atoms with Crippen molar-refractivity contribution in [3.8, 4) is 0 Å². The highest BCUT2D eigenvalue weighted by Gasteiger charge is 2.33. The van der Waals surface area contributed by atoms with Crippen LogP contribution < -0.4 is 4.90 Å². The van der Waals surface area contributed by atoms with Crippen LogP contribution in [0.4, 0.5) is 5.69 Å². The van der Waals surface area contributed by atoms with Gasteiger partial charge in [0.25, 0.3) is 0 Å². The summed E-state index contributed by atoms with van der Waals surface area (Å²) in [6.45, 7) is 9.80. The van der Waals surface area contributed by atoms with Crippen molar-refractivity contribution in [3.63, 3.8) is 0 Å². The minimum Gasteiger partial charge on any atom is -0.373 e. The van der Waals surface area contributed by atoms with Gasteiger partial charge in [-0.25, -0.2) is 0 Å². The molecular formula is C21H31N3O2. The van der Waals surface area contributed by atoms with Crippen LogP contribution in [0.15, 0.2) is 24.3 Å². The molecule has 2 saturated heterocycles. The van der Waals surface area contributed by atoms with Crippen LogP contribution in [0.25, 0.3) is 0 Å². The summed E-state index contributed by atoms with van der Waals surface area (Å²) >= 11 is 0. The van der Waals surface area contributed by atoms with Gasteiger partial charge in [-0.1, -0.05) is 18.2 Å². The van der Waals surface area contributed by atoms with E-state index in [9.17, 15) is 4.79 Å².